The Balaban J connectivity index is 1.61. The van der Waals surface area contributed by atoms with Gasteiger partial charge in [0.2, 0.25) is 0 Å². The van der Waals surface area contributed by atoms with Crippen LogP contribution >= 0.6 is 27.7 Å². The molecule has 1 aliphatic heterocycles. The lowest BCUT2D eigenvalue weighted by atomic mass is 10.1. The van der Waals surface area contributed by atoms with E-state index in [2.05, 4.69) is 38.9 Å². The van der Waals surface area contributed by atoms with Crippen LogP contribution in [0.2, 0.25) is 0 Å². The summed E-state index contributed by atoms with van der Waals surface area (Å²) in [6.07, 6.45) is 1.61. The van der Waals surface area contributed by atoms with Crippen LogP contribution in [0.1, 0.15) is 18.1 Å². The molecule has 3 aromatic carbocycles. The van der Waals surface area contributed by atoms with Crippen LogP contribution in [0.3, 0.4) is 0 Å². The fourth-order valence-electron chi connectivity index (χ4n) is 3.57. The Morgan fingerprint density at radius 1 is 1.12 bits per heavy atom. The third kappa shape index (κ3) is 4.82. The highest BCUT2D eigenvalue weighted by atomic mass is 79.9. The van der Waals surface area contributed by atoms with Crippen molar-refractivity contribution in [2.45, 2.75) is 19.6 Å². The maximum atomic E-state index is 12.9. The molecule has 1 heterocycles. The largest absolute Gasteiger partial charge is 0.488 e. The molecular weight excluding hydrogens is 506 g/mol. The first-order valence-electron chi connectivity index (χ1n) is 10.1. The second-order valence-corrected chi connectivity index (χ2v) is 9.27. The number of ether oxygens (including phenoxy) is 2. The summed E-state index contributed by atoms with van der Waals surface area (Å²) in [6.45, 7) is 1.80. The van der Waals surface area contributed by atoms with Crippen LogP contribution in [-0.2, 0) is 20.9 Å². The van der Waals surface area contributed by atoms with Gasteiger partial charge in [0, 0.05) is 10.0 Å². The molecule has 2 amide bonds. The Morgan fingerprint density at radius 2 is 1.88 bits per heavy atom. The monoisotopic (exact) mass is 525 g/mol. The molecule has 0 aliphatic carbocycles. The van der Waals surface area contributed by atoms with Crippen molar-refractivity contribution >= 4 is 61.7 Å². The van der Waals surface area contributed by atoms with Gasteiger partial charge in [-0.1, -0.05) is 58.4 Å². The number of imide groups is 1. The highest BCUT2D eigenvalue weighted by Crippen LogP contribution is 2.36. The maximum absolute atomic E-state index is 12.9. The molecule has 8 heteroatoms. The van der Waals surface area contributed by atoms with Crippen molar-refractivity contribution in [2.24, 2.45) is 0 Å². The third-order valence-corrected chi connectivity index (χ3v) is 6.65. The van der Waals surface area contributed by atoms with Gasteiger partial charge in [0.05, 0.1) is 12.0 Å². The van der Waals surface area contributed by atoms with Crippen LogP contribution in [0.25, 0.3) is 16.8 Å². The molecule has 3 aromatic rings. The summed E-state index contributed by atoms with van der Waals surface area (Å²) in [5.74, 6) is -0.623. The van der Waals surface area contributed by atoms with E-state index in [9.17, 15) is 14.4 Å². The van der Waals surface area contributed by atoms with E-state index in [1.807, 2.05) is 42.5 Å². The highest BCUT2D eigenvalue weighted by molar-refractivity contribution is 9.10. The zero-order chi connectivity index (χ0) is 23.5. The lowest BCUT2D eigenvalue weighted by Crippen LogP contribution is -2.42. The standard InChI is InChI=1S/C25H20BrNO5S/c1-15(24(29)31-2)27-23(28)22(33-25(27)30)13-18-12-19(26)10-11-21(18)32-14-17-8-5-7-16-6-3-4-9-20(16)17/h3-13,15H,14H2,1-2H3/b22-13+/t15-/m1/s1. The van der Waals surface area contributed by atoms with Gasteiger partial charge in [-0.2, -0.15) is 0 Å². The highest BCUT2D eigenvalue weighted by Gasteiger charge is 2.41. The molecule has 1 aliphatic rings. The van der Waals surface area contributed by atoms with Gasteiger partial charge in [-0.3, -0.25) is 14.5 Å². The third-order valence-electron chi connectivity index (χ3n) is 5.27. The number of nitrogens with zero attached hydrogens (tertiary/aromatic N) is 1. The first-order chi connectivity index (χ1) is 15.9. The van der Waals surface area contributed by atoms with Gasteiger partial charge in [0.15, 0.2) is 0 Å². The Morgan fingerprint density at radius 3 is 2.67 bits per heavy atom. The molecule has 0 spiro atoms. The molecule has 33 heavy (non-hydrogen) atoms. The van der Waals surface area contributed by atoms with Gasteiger partial charge >= 0.3 is 5.97 Å². The number of thioether (sulfide) groups is 1. The van der Waals surface area contributed by atoms with E-state index in [1.165, 1.54) is 14.0 Å². The quantitative estimate of drug-likeness (QED) is 0.300. The molecule has 168 valence electrons. The van der Waals surface area contributed by atoms with E-state index >= 15 is 0 Å². The molecule has 0 aromatic heterocycles. The van der Waals surface area contributed by atoms with Crippen molar-refractivity contribution in [2.75, 3.05) is 7.11 Å². The minimum Gasteiger partial charge on any atom is -0.488 e. The van der Waals surface area contributed by atoms with Crippen LogP contribution < -0.4 is 4.74 Å². The fourth-order valence-corrected chi connectivity index (χ4v) is 4.85. The number of carbonyl (C=O) groups is 3. The summed E-state index contributed by atoms with van der Waals surface area (Å²) in [7, 11) is 1.22. The molecule has 0 saturated carbocycles. The average molecular weight is 526 g/mol. The Hall–Kier alpha value is -3.10. The summed E-state index contributed by atoms with van der Waals surface area (Å²) >= 11 is 4.23. The van der Waals surface area contributed by atoms with Crippen LogP contribution in [0.15, 0.2) is 70.0 Å². The van der Waals surface area contributed by atoms with Crippen LogP contribution in [0.4, 0.5) is 4.79 Å². The Labute approximate surface area is 203 Å². The lowest BCUT2D eigenvalue weighted by molar-refractivity contribution is -0.148. The number of esters is 1. The summed E-state index contributed by atoms with van der Waals surface area (Å²) in [5, 5.41) is 1.72. The first-order valence-corrected chi connectivity index (χ1v) is 11.7. The second kappa shape index (κ2) is 9.80. The van der Waals surface area contributed by atoms with E-state index in [1.54, 1.807) is 6.08 Å². The summed E-state index contributed by atoms with van der Waals surface area (Å²) < 4.78 is 11.6. The van der Waals surface area contributed by atoms with E-state index in [0.29, 0.717) is 17.9 Å². The summed E-state index contributed by atoms with van der Waals surface area (Å²) in [5.41, 5.74) is 1.68. The minimum atomic E-state index is -1.00. The lowest BCUT2D eigenvalue weighted by Gasteiger charge is -2.18. The smallest absolute Gasteiger partial charge is 0.328 e. The Kier molecular flexibility index (Phi) is 6.85. The molecule has 1 atom stereocenters. The minimum absolute atomic E-state index is 0.212. The first kappa shape index (κ1) is 23.1. The maximum Gasteiger partial charge on any atom is 0.328 e. The van der Waals surface area contributed by atoms with Crippen molar-refractivity contribution in [3.05, 3.63) is 81.2 Å². The number of hydrogen-bond donors (Lipinski definition) is 0. The fraction of sp³-hybridized carbons (Fsp3) is 0.160. The predicted molar refractivity (Wildman–Crippen MR) is 132 cm³/mol. The number of amides is 2. The van der Waals surface area contributed by atoms with Gasteiger partial charge in [0.25, 0.3) is 11.1 Å². The van der Waals surface area contributed by atoms with Gasteiger partial charge in [0.1, 0.15) is 18.4 Å². The molecule has 1 saturated heterocycles. The van der Waals surface area contributed by atoms with E-state index in [0.717, 1.165) is 37.5 Å². The Bertz CT molecular complexity index is 1280. The molecule has 4 rings (SSSR count). The normalized spacial score (nSPS) is 15.8. The molecule has 1 fully saturated rings. The molecular formula is C25H20BrNO5S. The average Bonchev–Trinajstić information content (AvgIpc) is 3.10. The molecule has 6 nitrogen and oxygen atoms in total. The predicted octanol–water partition coefficient (Wildman–Crippen LogP) is 5.78. The van der Waals surface area contributed by atoms with Crippen molar-refractivity contribution in [3.8, 4) is 5.75 Å². The zero-order valence-corrected chi connectivity index (χ0v) is 20.3. The van der Waals surface area contributed by atoms with Gasteiger partial charge in [-0.25, -0.2) is 4.79 Å². The number of halogens is 1. The molecule has 0 radical (unpaired) electrons. The van der Waals surface area contributed by atoms with Crippen LogP contribution in [-0.4, -0.2) is 35.2 Å². The number of fused-ring (bicyclic) bond motifs is 1. The van der Waals surface area contributed by atoms with E-state index < -0.39 is 23.2 Å². The van der Waals surface area contributed by atoms with E-state index in [-0.39, 0.29) is 4.91 Å². The number of rotatable bonds is 6. The van der Waals surface area contributed by atoms with Crippen molar-refractivity contribution in [1.82, 2.24) is 4.90 Å². The number of benzene rings is 3. The number of methoxy groups -OCH3 is 1. The topological polar surface area (TPSA) is 72.9 Å². The second-order valence-electron chi connectivity index (χ2n) is 7.36. The van der Waals surface area contributed by atoms with Crippen LogP contribution in [0, 0.1) is 0 Å². The van der Waals surface area contributed by atoms with Gasteiger partial charge in [-0.05, 0) is 59.3 Å². The SMILES string of the molecule is COC(=O)[C@@H](C)N1C(=O)S/C(=C/c2cc(Br)ccc2OCc2cccc3ccccc23)C1=O. The van der Waals surface area contributed by atoms with Gasteiger partial charge in [-0.15, -0.1) is 0 Å². The van der Waals surface area contributed by atoms with E-state index in [4.69, 9.17) is 4.74 Å². The number of hydrogen-bond acceptors (Lipinski definition) is 6. The summed E-state index contributed by atoms with van der Waals surface area (Å²) in [4.78, 5) is 38.2. The zero-order valence-electron chi connectivity index (χ0n) is 17.9. The van der Waals surface area contributed by atoms with Crippen molar-refractivity contribution in [3.63, 3.8) is 0 Å². The summed E-state index contributed by atoms with van der Waals surface area (Å²) in [6, 6.07) is 18.6. The van der Waals surface area contributed by atoms with Crippen LogP contribution in [0.5, 0.6) is 5.75 Å². The molecule has 0 N–H and O–H groups in total. The molecule has 0 unspecified atom stereocenters. The van der Waals surface area contributed by atoms with Gasteiger partial charge < -0.3 is 9.47 Å². The van der Waals surface area contributed by atoms with Crippen molar-refractivity contribution in [1.29, 1.82) is 0 Å². The number of carbonyl (C=O) groups excluding carboxylic acids is 3. The molecule has 0 bridgehead atoms. The van der Waals surface area contributed by atoms with Crippen molar-refractivity contribution < 1.29 is 23.9 Å².